The van der Waals surface area contributed by atoms with Gasteiger partial charge in [0.25, 0.3) is 0 Å². The molecule has 0 aliphatic carbocycles. The van der Waals surface area contributed by atoms with Gasteiger partial charge in [-0.05, 0) is 37.6 Å². The van der Waals surface area contributed by atoms with Crippen molar-refractivity contribution < 1.29 is 14.3 Å². The number of piperidine rings is 1. The largest absolute Gasteiger partial charge is 0.491 e. The standard InChI is InChI=1S/C22H28N2O3.ClH/c1-26-17-22(11-13-23-14-12-22)21(25)24-15-16-27-20-10-6-5-9-19(20)18-7-3-2-4-8-18;/h2-10,23H,11-17H2,1H3,(H,24,25);1H. The van der Waals surface area contributed by atoms with Crippen LogP contribution in [0.5, 0.6) is 5.75 Å². The van der Waals surface area contributed by atoms with Crippen LogP contribution in [0.2, 0.25) is 0 Å². The van der Waals surface area contributed by atoms with Crippen molar-refractivity contribution >= 4 is 18.3 Å². The van der Waals surface area contributed by atoms with Crippen LogP contribution in [0.1, 0.15) is 12.8 Å². The molecule has 1 fully saturated rings. The number of hydrogen-bond donors (Lipinski definition) is 2. The average molecular weight is 405 g/mol. The van der Waals surface area contributed by atoms with E-state index in [-0.39, 0.29) is 18.3 Å². The van der Waals surface area contributed by atoms with Gasteiger partial charge in [-0.1, -0.05) is 48.5 Å². The number of ether oxygens (including phenoxy) is 2. The maximum atomic E-state index is 12.7. The van der Waals surface area contributed by atoms with E-state index in [0.29, 0.717) is 19.8 Å². The average Bonchev–Trinajstić information content (AvgIpc) is 2.73. The van der Waals surface area contributed by atoms with E-state index >= 15 is 0 Å². The molecular formula is C22H29ClN2O3. The quantitative estimate of drug-likeness (QED) is 0.663. The molecular weight excluding hydrogens is 376 g/mol. The minimum Gasteiger partial charge on any atom is -0.491 e. The van der Waals surface area contributed by atoms with Gasteiger partial charge in [-0.25, -0.2) is 0 Å². The highest BCUT2D eigenvalue weighted by Gasteiger charge is 2.39. The van der Waals surface area contributed by atoms with Crippen molar-refractivity contribution in [2.75, 3.05) is 40.0 Å². The second-order valence-corrected chi connectivity index (χ2v) is 6.93. The van der Waals surface area contributed by atoms with Crippen LogP contribution in [0.15, 0.2) is 54.6 Å². The number of methoxy groups -OCH3 is 1. The van der Waals surface area contributed by atoms with Crippen molar-refractivity contribution in [1.29, 1.82) is 0 Å². The molecule has 1 saturated heterocycles. The van der Waals surface area contributed by atoms with Gasteiger partial charge in [0.15, 0.2) is 0 Å². The maximum Gasteiger partial charge on any atom is 0.228 e. The molecule has 0 aromatic heterocycles. The molecule has 152 valence electrons. The number of rotatable bonds is 8. The summed E-state index contributed by atoms with van der Waals surface area (Å²) < 4.78 is 11.3. The first-order chi connectivity index (χ1) is 13.2. The van der Waals surface area contributed by atoms with Crippen LogP contribution in [0, 0.1) is 5.41 Å². The Hall–Kier alpha value is -2.08. The second-order valence-electron chi connectivity index (χ2n) is 6.93. The topological polar surface area (TPSA) is 59.6 Å². The van der Waals surface area contributed by atoms with Crippen LogP contribution >= 0.6 is 12.4 Å². The zero-order chi connectivity index (χ0) is 19.0. The predicted molar refractivity (Wildman–Crippen MR) is 114 cm³/mol. The summed E-state index contributed by atoms with van der Waals surface area (Å²) in [6.45, 7) is 3.05. The van der Waals surface area contributed by atoms with E-state index in [9.17, 15) is 4.79 Å². The molecule has 0 spiro atoms. The van der Waals surface area contributed by atoms with Crippen LogP contribution in [0.3, 0.4) is 0 Å². The first-order valence-corrected chi connectivity index (χ1v) is 9.50. The molecule has 0 unspecified atom stereocenters. The molecule has 1 aliphatic rings. The van der Waals surface area contributed by atoms with Gasteiger partial charge in [-0.2, -0.15) is 0 Å². The van der Waals surface area contributed by atoms with E-state index in [0.717, 1.165) is 42.8 Å². The van der Waals surface area contributed by atoms with Crippen LogP contribution in [0.25, 0.3) is 11.1 Å². The Morgan fingerprint density at radius 3 is 2.46 bits per heavy atom. The number of amides is 1. The molecule has 1 heterocycles. The number of nitrogens with one attached hydrogen (secondary N) is 2. The van der Waals surface area contributed by atoms with E-state index in [4.69, 9.17) is 9.47 Å². The SMILES string of the molecule is COCC1(C(=O)NCCOc2ccccc2-c2ccccc2)CCNCC1.Cl. The molecule has 3 rings (SSSR count). The van der Waals surface area contributed by atoms with E-state index in [1.54, 1.807) is 7.11 Å². The summed E-state index contributed by atoms with van der Waals surface area (Å²) in [6.07, 6.45) is 1.59. The number of halogens is 1. The Labute approximate surface area is 173 Å². The van der Waals surface area contributed by atoms with Gasteiger partial charge in [0, 0.05) is 12.7 Å². The molecule has 0 atom stereocenters. The molecule has 2 aromatic rings. The summed E-state index contributed by atoms with van der Waals surface area (Å²) in [6, 6.07) is 18.1. The molecule has 6 heteroatoms. The fourth-order valence-corrected chi connectivity index (χ4v) is 3.58. The molecule has 1 amide bonds. The minimum atomic E-state index is -0.429. The molecule has 5 nitrogen and oxygen atoms in total. The number of carbonyl (C=O) groups excluding carboxylic acids is 1. The maximum absolute atomic E-state index is 12.7. The number of hydrogen-bond acceptors (Lipinski definition) is 4. The van der Waals surface area contributed by atoms with Crippen LogP contribution in [-0.2, 0) is 9.53 Å². The van der Waals surface area contributed by atoms with Crippen LogP contribution < -0.4 is 15.4 Å². The first-order valence-electron chi connectivity index (χ1n) is 9.50. The van der Waals surface area contributed by atoms with Crippen molar-refractivity contribution in [2.45, 2.75) is 12.8 Å². The van der Waals surface area contributed by atoms with E-state index in [1.165, 1.54) is 0 Å². The molecule has 0 bridgehead atoms. The lowest BCUT2D eigenvalue weighted by atomic mass is 9.78. The van der Waals surface area contributed by atoms with Crippen molar-refractivity contribution in [2.24, 2.45) is 5.41 Å². The van der Waals surface area contributed by atoms with Gasteiger partial charge in [-0.3, -0.25) is 4.79 Å². The summed E-state index contributed by atoms with van der Waals surface area (Å²) in [5.74, 6) is 0.886. The van der Waals surface area contributed by atoms with Crippen molar-refractivity contribution in [3.63, 3.8) is 0 Å². The smallest absolute Gasteiger partial charge is 0.228 e. The molecule has 28 heavy (non-hydrogen) atoms. The fraction of sp³-hybridized carbons (Fsp3) is 0.409. The molecule has 0 saturated carbocycles. The van der Waals surface area contributed by atoms with E-state index < -0.39 is 5.41 Å². The fourth-order valence-electron chi connectivity index (χ4n) is 3.58. The Bertz CT molecular complexity index is 728. The lowest BCUT2D eigenvalue weighted by Crippen LogP contribution is -2.50. The summed E-state index contributed by atoms with van der Waals surface area (Å²) in [5, 5.41) is 6.34. The predicted octanol–water partition coefficient (Wildman–Crippen LogP) is 3.29. The minimum absolute atomic E-state index is 0. The van der Waals surface area contributed by atoms with Crippen molar-refractivity contribution in [1.82, 2.24) is 10.6 Å². The second kappa shape index (κ2) is 11.1. The van der Waals surface area contributed by atoms with Crippen molar-refractivity contribution in [3.05, 3.63) is 54.6 Å². The van der Waals surface area contributed by atoms with Gasteiger partial charge in [0.2, 0.25) is 5.91 Å². The van der Waals surface area contributed by atoms with Gasteiger partial charge < -0.3 is 20.1 Å². The van der Waals surface area contributed by atoms with Gasteiger partial charge in [-0.15, -0.1) is 12.4 Å². The van der Waals surface area contributed by atoms with Gasteiger partial charge >= 0.3 is 0 Å². The highest BCUT2D eigenvalue weighted by molar-refractivity contribution is 5.85. The third kappa shape index (κ3) is 5.47. The zero-order valence-electron chi connectivity index (χ0n) is 16.3. The first kappa shape index (κ1) is 22.2. The third-order valence-electron chi connectivity index (χ3n) is 5.08. The number of para-hydroxylation sites is 1. The molecule has 0 radical (unpaired) electrons. The van der Waals surface area contributed by atoms with Gasteiger partial charge in [0.1, 0.15) is 12.4 Å². The highest BCUT2D eigenvalue weighted by atomic mass is 35.5. The Balaban J connectivity index is 0.00000280. The summed E-state index contributed by atoms with van der Waals surface area (Å²) in [4.78, 5) is 12.7. The number of carbonyl (C=O) groups is 1. The Kier molecular flexibility index (Phi) is 8.77. The molecule has 2 aromatic carbocycles. The lowest BCUT2D eigenvalue weighted by molar-refractivity contribution is -0.136. The Morgan fingerprint density at radius 1 is 1.07 bits per heavy atom. The van der Waals surface area contributed by atoms with Crippen molar-refractivity contribution in [3.8, 4) is 16.9 Å². The molecule has 1 aliphatic heterocycles. The summed E-state index contributed by atoms with van der Waals surface area (Å²) in [5.41, 5.74) is 1.74. The highest BCUT2D eigenvalue weighted by Crippen LogP contribution is 2.30. The van der Waals surface area contributed by atoms with Crippen LogP contribution in [0.4, 0.5) is 0 Å². The van der Waals surface area contributed by atoms with Gasteiger partial charge in [0.05, 0.1) is 18.6 Å². The summed E-state index contributed by atoms with van der Waals surface area (Å²) in [7, 11) is 1.65. The third-order valence-corrected chi connectivity index (χ3v) is 5.08. The lowest BCUT2D eigenvalue weighted by Gasteiger charge is -2.35. The van der Waals surface area contributed by atoms with E-state index in [2.05, 4.69) is 22.8 Å². The zero-order valence-corrected chi connectivity index (χ0v) is 17.1. The monoisotopic (exact) mass is 404 g/mol. The normalized spacial score (nSPS) is 15.3. The Morgan fingerprint density at radius 2 is 1.75 bits per heavy atom. The van der Waals surface area contributed by atoms with Crippen LogP contribution in [-0.4, -0.2) is 45.9 Å². The van der Waals surface area contributed by atoms with E-state index in [1.807, 2.05) is 42.5 Å². The summed E-state index contributed by atoms with van der Waals surface area (Å²) >= 11 is 0. The molecule has 2 N–H and O–H groups in total. The number of benzene rings is 2.